The van der Waals surface area contributed by atoms with Crippen molar-refractivity contribution >= 4 is 33.4 Å². The van der Waals surface area contributed by atoms with Crippen LogP contribution < -0.4 is 0 Å². The van der Waals surface area contributed by atoms with E-state index in [-0.39, 0.29) is 0 Å². The van der Waals surface area contributed by atoms with Gasteiger partial charge in [0.2, 0.25) is 0 Å². The summed E-state index contributed by atoms with van der Waals surface area (Å²) in [5, 5.41) is 2.38. The van der Waals surface area contributed by atoms with Crippen LogP contribution in [0.2, 0.25) is 0 Å². The van der Waals surface area contributed by atoms with Gasteiger partial charge < -0.3 is 0 Å². The number of pyridine rings is 2. The molecule has 0 aliphatic heterocycles. The van der Waals surface area contributed by atoms with Crippen LogP contribution in [0.25, 0.3) is 53.9 Å². The Kier molecular flexibility index (Phi) is 4.79. The minimum atomic E-state index is 1.08. The zero-order valence-electron chi connectivity index (χ0n) is 16.8. The molecule has 0 saturated carbocycles. The Hall–Kier alpha value is -3.74. The first-order valence-corrected chi connectivity index (χ1v) is 11.8. The zero-order valence-corrected chi connectivity index (χ0v) is 18.5. The van der Waals surface area contributed by atoms with Crippen LogP contribution in [0.5, 0.6) is 0 Å². The topological polar surface area (TPSA) is 51.6 Å². The van der Waals surface area contributed by atoms with E-state index in [2.05, 4.69) is 68.5 Å². The fourth-order valence-electron chi connectivity index (χ4n) is 3.96. The van der Waals surface area contributed by atoms with Gasteiger partial charge in [-0.05, 0) is 34.0 Å². The Balaban J connectivity index is 1.50. The second kappa shape index (κ2) is 8.07. The van der Waals surface area contributed by atoms with Crippen LogP contribution >= 0.6 is 22.7 Å². The maximum absolute atomic E-state index is 4.51. The Morgan fingerprint density at radius 2 is 0.938 bits per heavy atom. The Labute approximate surface area is 193 Å². The molecule has 0 bridgehead atoms. The van der Waals surface area contributed by atoms with E-state index in [4.69, 9.17) is 0 Å². The van der Waals surface area contributed by atoms with Gasteiger partial charge in [0.1, 0.15) is 0 Å². The molecule has 0 radical (unpaired) electrons. The van der Waals surface area contributed by atoms with Crippen LogP contribution in [0.1, 0.15) is 0 Å². The Morgan fingerprint density at radius 1 is 0.469 bits per heavy atom. The molecule has 4 heterocycles. The van der Waals surface area contributed by atoms with E-state index < -0.39 is 0 Å². The van der Waals surface area contributed by atoms with Gasteiger partial charge in [-0.15, -0.1) is 22.7 Å². The third-order valence-corrected chi connectivity index (χ3v) is 7.10. The summed E-state index contributed by atoms with van der Waals surface area (Å²) in [4.78, 5) is 19.7. The molecule has 4 aromatic heterocycles. The SMILES string of the molecule is c1ccc2c(-c3cncc(-c4cncs4)c3)ccc(-c3cncc(-c4cncs4)c3)c2c1. The number of thiazole rings is 2. The first-order valence-electron chi connectivity index (χ1n) is 10.1. The molecule has 0 spiro atoms. The van der Waals surface area contributed by atoms with Crippen molar-refractivity contribution < 1.29 is 0 Å². The molecule has 6 rings (SSSR count). The van der Waals surface area contributed by atoms with Gasteiger partial charge in [-0.1, -0.05) is 36.4 Å². The predicted octanol–water partition coefficient (Wildman–Crippen LogP) is 7.21. The number of benzene rings is 2. The van der Waals surface area contributed by atoms with Gasteiger partial charge in [-0.2, -0.15) is 0 Å². The third kappa shape index (κ3) is 3.39. The van der Waals surface area contributed by atoms with Crippen molar-refractivity contribution in [2.75, 3.05) is 0 Å². The van der Waals surface area contributed by atoms with Crippen molar-refractivity contribution in [1.29, 1.82) is 0 Å². The smallest absolute Gasteiger partial charge is 0.0797 e. The average Bonchev–Trinajstić information content (AvgIpc) is 3.59. The summed E-state index contributed by atoms with van der Waals surface area (Å²) in [6.45, 7) is 0. The minimum absolute atomic E-state index is 1.08. The molecule has 0 aliphatic rings. The molecule has 152 valence electrons. The van der Waals surface area contributed by atoms with E-state index in [0.29, 0.717) is 0 Å². The highest BCUT2D eigenvalue weighted by Crippen LogP contribution is 2.37. The summed E-state index contributed by atoms with van der Waals surface area (Å²) in [7, 11) is 0. The van der Waals surface area contributed by atoms with Crippen molar-refractivity contribution in [3.05, 3.63) is 96.7 Å². The zero-order chi connectivity index (χ0) is 21.3. The van der Waals surface area contributed by atoms with Gasteiger partial charge in [0.05, 0.1) is 20.8 Å². The number of fused-ring (bicyclic) bond motifs is 1. The van der Waals surface area contributed by atoms with E-state index >= 15 is 0 Å². The molecule has 32 heavy (non-hydrogen) atoms. The summed E-state index contributed by atoms with van der Waals surface area (Å²) in [6.07, 6.45) is 11.4. The molecule has 0 amide bonds. The monoisotopic (exact) mass is 448 g/mol. The van der Waals surface area contributed by atoms with E-state index in [1.807, 2.05) is 48.2 Å². The number of nitrogens with zero attached hydrogens (tertiary/aromatic N) is 4. The Bertz CT molecular complexity index is 1410. The fraction of sp³-hybridized carbons (Fsp3) is 0. The maximum Gasteiger partial charge on any atom is 0.0797 e. The van der Waals surface area contributed by atoms with Gasteiger partial charge in [-0.25, -0.2) is 0 Å². The van der Waals surface area contributed by atoms with Gasteiger partial charge >= 0.3 is 0 Å². The molecule has 4 nitrogen and oxygen atoms in total. The second-order valence-corrected chi connectivity index (χ2v) is 9.13. The lowest BCUT2D eigenvalue weighted by Crippen LogP contribution is -1.89. The number of aromatic nitrogens is 4. The summed E-state index contributed by atoms with van der Waals surface area (Å²) >= 11 is 3.24. The first kappa shape index (κ1) is 19.0. The van der Waals surface area contributed by atoms with Crippen LogP contribution in [-0.4, -0.2) is 19.9 Å². The van der Waals surface area contributed by atoms with Gasteiger partial charge in [-0.3, -0.25) is 19.9 Å². The summed E-state index contributed by atoms with van der Waals surface area (Å²) in [5.74, 6) is 0. The molecule has 2 aromatic carbocycles. The largest absolute Gasteiger partial charge is 0.263 e. The predicted molar refractivity (Wildman–Crippen MR) is 133 cm³/mol. The minimum Gasteiger partial charge on any atom is -0.263 e. The van der Waals surface area contributed by atoms with E-state index in [0.717, 1.165) is 43.1 Å². The van der Waals surface area contributed by atoms with E-state index in [9.17, 15) is 0 Å². The van der Waals surface area contributed by atoms with Crippen molar-refractivity contribution in [3.63, 3.8) is 0 Å². The summed E-state index contributed by atoms with van der Waals surface area (Å²) < 4.78 is 0. The lowest BCUT2D eigenvalue weighted by molar-refractivity contribution is 1.33. The van der Waals surface area contributed by atoms with Crippen LogP contribution in [-0.2, 0) is 0 Å². The number of hydrogen-bond donors (Lipinski definition) is 0. The second-order valence-electron chi connectivity index (χ2n) is 7.36. The molecule has 0 aliphatic carbocycles. The standard InChI is InChI=1S/C26H16N4S2/c1-2-4-24-22(18-8-20(12-28-10-18)26-14-30-16-32-26)6-5-21(23(24)3-1)17-7-19(11-27-9-17)25-13-29-15-31-25/h1-16H. The normalized spacial score (nSPS) is 11.1. The third-order valence-electron chi connectivity index (χ3n) is 5.46. The fourth-order valence-corrected chi connectivity index (χ4v) is 5.17. The van der Waals surface area contributed by atoms with Crippen molar-refractivity contribution in [3.8, 4) is 43.1 Å². The van der Waals surface area contributed by atoms with Gasteiger partial charge in [0.25, 0.3) is 0 Å². The van der Waals surface area contributed by atoms with E-state index in [1.165, 1.54) is 10.8 Å². The van der Waals surface area contributed by atoms with Crippen molar-refractivity contribution in [2.45, 2.75) is 0 Å². The molecule has 6 aromatic rings. The van der Waals surface area contributed by atoms with Crippen molar-refractivity contribution in [2.24, 2.45) is 0 Å². The Morgan fingerprint density at radius 3 is 1.38 bits per heavy atom. The number of rotatable bonds is 4. The highest BCUT2D eigenvalue weighted by molar-refractivity contribution is 7.13. The molecule has 0 atom stereocenters. The van der Waals surface area contributed by atoms with Crippen LogP contribution in [0, 0.1) is 0 Å². The van der Waals surface area contributed by atoms with E-state index in [1.54, 1.807) is 22.7 Å². The molecule has 0 saturated heterocycles. The highest BCUT2D eigenvalue weighted by atomic mass is 32.1. The summed E-state index contributed by atoms with van der Waals surface area (Å²) in [6, 6.07) is 17.3. The highest BCUT2D eigenvalue weighted by Gasteiger charge is 2.12. The molecule has 0 fully saturated rings. The molecule has 0 N–H and O–H groups in total. The van der Waals surface area contributed by atoms with Crippen LogP contribution in [0.15, 0.2) is 96.7 Å². The maximum atomic E-state index is 4.51. The van der Waals surface area contributed by atoms with Crippen molar-refractivity contribution in [1.82, 2.24) is 19.9 Å². The first-order chi connectivity index (χ1) is 15.9. The molecule has 0 unspecified atom stereocenters. The molecular weight excluding hydrogens is 432 g/mol. The van der Waals surface area contributed by atoms with Crippen LogP contribution in [0.4, 0.5) is 0 Å². The molecular formula is C26H16N4S2. The number of hydrogen-bond acceptors (Lipinski definition) is 6. The van der Waals surface area contributed by atoms with Gasteiger partial charge in [0, 0.05) is 59.4 Å². The molecule has 6 heteroatoms. The van der Waals surface area contributed by atoms with Crippen LogP contribution in [0.3, 0.4) is 0 Å². The summed E-state index contributed by atoms with van der Waals surface area (Å²) in [5.41, 5.74) is 10.4. The lowest BCUT2D eigenvalue weighted by atomic mass is 9.92. The quantitative estimate of drug-likeness (QED) is 0.286. The average molecular weight is 449 g/mol. The lowest BCUT2D eigenvalue weighted by Gasteiger charge is -2.13. The van der Waals surface area contributed by atoms with Gasteiger partial charge in [0.15, 0.2) is 0 Å².